The molecule has 144 valence electrons. The molecular weight excluding hydrogens is 368 g/mol. The van der Waals surface area contributed by atoms with Crippen LogP contribution >= 0.6 is 0 Å². The summed E-state index contributed by atoms with van der Waals surface area (Å²) in [6.07, 6.45) is 0.492. The zero-order chi connectivity index (χ0) is 20.3. The lowest BCUT2D eigenvalue weighted by Gasteiger charge is -2.14. The molecule has 0 saturated heterocycles. The van der Waals surface area contributed by atoms with Crippen LogP contribution in [0, 0.1) is 18.6 Å². The van der Waals surface area contributed by atoms with Crippen molar-refractivity contribution in [3.63, 3.8) is 0 Å². The summed E-state index contributed by atoms with van der Waals surface area (Å²) in [7, 11) is 0. The molecule has 0 fully saturated rings. The number of ether oxygens (including phenoxy) is 1. The van der Waals surface area contributed by atoms with Gasteiger partial charge >= 0.3 is 5.97 Å². The largest absolute Gasteiger partial charge is 0.449 e. The van der Waals surface area contributed by atoms with E-state index in [2.05, 4.69) is 10.4 Å². The fourth-order valence-electron chi connectivity index (χ4n) is 2.49. The van der Waals surface area contributed by atoms with Gasteiger partial charge in [0.05, 0.1) is 16.9 Å². The molecule has 3 rings (SSSR count). The minimum absolute atomic E-state index is 0.201. The van der Waals surface area contributed by atoms with Crippen LogP contribution in [0.2, 0.25) is 0 Å². The molecule has 0 saturated carbocycles. The maximum absolute atomic E-state index is 13.6. The van der Waals surface area contributed by atoms with Crippen LogP contribution in [-0.2, 0) is 9.53 Å². The maximum atomic E-state index is 13.6. The van der Waals surface area contributed by atoms with E-state index in [4.69, 9.17) is 4.74 Å². The number of nitrogens with one attached hydrogen (secondary N) is 1. The number of carbonyl (C=O) groups is 2. The van der Waals surface area contributed by atoms with Gasteiger partial charge in [-0.1, -0.05) is 0 Å². The normalized spacial score (nSPS) is 11.7. The van der Waals surface area contributed by atoms with Crippen molar-refractivity contribution in [3.05, 3.63) is 77.6 Å². The van der Waals surface area contributed by atoms with Crippen molar-refractivity contribution >= 4 is 17.6 Å². The first-order valence-corrected chi connectivity index (χ1v) is 8.43. The van der Waals surface area contributed by atoms with Gasteiger partial charge in [-0.25, -0.2) is 18.3 Å². The first kappa shape index (κ1) is 19.2. The molecule has 28 heavy (non-hydrogen) atoms. The monoisotopic (exact) mass is 385 g/mol. The number of rotatable bonds is 5. The van der Waals surface area contributed by atoms with E-state index >= 15 is 0 Å². The molecule has 1 atom stereocenters. The predicted molar refractivity (Wildman–Crippen MR) is 98.2 cm³/mol. The highest BCUT2D eigenvalue weighted by molar-refractivity contribution is 5.97. The third-order valence-electron chi connectivity index (χ3n) is 4.02. The van der Waals surface area contributed by atoms with Crippen LogP contribution in [-0.4, -0.2) is 27.8 Å². The van der Waals surface area contributed by atoms with Crippen LogP contribution in [0.3, 0.4) is 0 Å². The Morgan fingerprint density at radius 2 is 1.82 bits per heavy atom. The molecule has 0 unspecified atom stereocenters. The van der Waals surface area contributed by atoms with Gasteiger partial charge in [-0.15, -0.1) is 0 Å². The summed E-state index contributed by atoms with van der Waals surface area (Å²) < 4.78 is 33.4. The number of hydrogen-bond donors (Lipinski definition) is 1. The van der Waals surface area contributed by atoms with E-state index < -0.39 is 29.6 Å². The summed E-state index contributed by atoms with van der Waals surface area (Å²) in [4.78, 5) is 24.3. The summed E-state index contributed by atoms with van der Waals surface area (Å²) in [5.41, 5.74) is 1.76. The van der Waals surface area contributed by atoms with Gasteiger partial charge in [-0.05, 0) is 56.3 Å². The molecule has 0 radical (unpaired) electrons. The standard InChI is InChI=1S/C20H17F2N3O3/c1-12-9-10-23-25(12)16-6-3-14(4-7-16)20(27)28-13(2)19(26)24-18-8-5-15(21)11-17(18)22/h3-11,13H,1-2H3,(H,24,26)/t13-/m0/s1. The van der Waals surface area contributed by atoms with E-state index in [0.29, 0.717) is 6.07 Å². The third-order valence-corrected chi connectivity index (χ3v) is 4.02. The summed E-state index contributed by atoms with van der Waals surface area (Å²) in [5.74, 6) is -3.12. The minimum Gasteiger partial charge on any atom is -0.449 e. The van der Waals surface area contributed by atoms with Crippen LogP contribution in [0.5, 0.6) is 0 Å². The number of benzene rings is 2. The molecule has 0 aliphatic heterocycles. The second-order valence-corrected chi connectivity index (χ2v) is 6.09. The van der Waals surface area contributed by atoms with Crippen LogP contribution in [0.25, 0.3) is 5.69 Å². The van der Waals surface area contributed by atoms with Crippen LogP contribution in [0.15, 0.2) is 54.7 Å². The smallest absolute Gasteiger partial charge is 0.338 e. The van der Waals surface area contributed by atoms with Gasteiger partial charge in [-0.3, -0.25) is 4.79 Å². The Balaban J connectivity index is 1.63. The SMILES string of the molecule is Cc1ccnn1-c1ccc(C(=O)O[C@@H](C)C(=O)Nc2ccc(F)cc2F)cc1. The van der Waals surface area contributed by atoms with Gasteiger partial charge < -0.3 is 10.1 Å². The predicted octanol–water partition coefficient (Wildman–Crippen LogP) is 3.64. The highest BCUT2D eigenvalue weighted by Gasteiger charge is 2.20. The van der Waals surface area contributed by atoms with Gasteiger partial charge in [0.25, 0.3) is 5.91 Å². The average molecular weight is 385 g/mol. The number of amides is 1. The Bertz CT molecular complexity index is 1020. The molecule has 6 nitrogen and oxygen atoms in total. The lowest BCUT2D eigenvalue weighted by Crippen LogP contribution is -2.30. The van der Waals surface area contributed by atoms with E-state index in [1.165, 1.54) is 6.92 Å². The van der Waals surface area contributed by atoms with E-state index in [1.54, 1.807) is 35.1 Å². The van der Waals surface area contributed by atoms with E-state index in [0.717, 1.165) is 23.5 Å². The first-order chi connectivity index (χ1) is 13.3. The molecule has 1 heterocycles. The van der Waals surface area contributed by atoms with Crippen molar-refractivity contribution in [1.82, 2.24) is 9.78 Å². The van der Waals surface area contributed by atoms with Gasteiger partial charge in [0.1, 0.15) is 11.6 Å². The van der Waals surface area contributed by atoms with Crippen molar-refractivity contribution in [3.8, 4) is 5.69 Å². The minimum atomic E-state index is -1.18. The number of aromatic nitrogens is 2. The van der Waals surface area contributed by atoms with Crippen LogP contribution < -0.4 is 5.32 Å². The van der Waals surface area contributed by atoms with Crippen LogP contribution in [0.4, 0.5) is 14.5 Å². The average Bonchev–Trinajstić information content (AvgIpc) is 3.10. The summed E-state index contributed by atoms with van der Waals surface area (Å²) in [5, 5.41) is 6.44. The molecule has 0 aliphatic carbocycles. The molecule has 0 bridgehead atoms. The zero-order valence-electron chi connectivity index (χ0n) is 15.1. The topological polar surface area (TPSA) is 73.2 Å². The number of nitrogens with zero attached hydrogens (tertiary/aromatic N) is 2. The second-order valence-electron chi connectivity index (χ2n) is 6.09. The van der Waals surface area contributed by atoms with Crippen molar-refractivity contribution in [2.24, 2.45) is 0 Å². The van der Waals surface area contributed by atoms with Crippen molar-refractivity contribution in [2.45, 2.75) is 20.0 Å². The Labute approximate surface area is 159 Å². The highest BCUT2D eigenvalue weighted by atomic mass is 19.1. The number of anilines is 1. The lowest BCUT2D eigenvalue weighted by atomic mass is 10.2. The Kier molecular flexibility index (Phi) is 5.49. The Morgan fingerprint density at radius 1 is 1.11 bits per heavy atom. The molecule has 0 spiro atoms. The molecule has 1 amide bonds. The van der Waals surface area contributed by atoms with Gasteiger partial charge in [-0.2, -0.15) is 5.10 Å². The fourth-order valence-corrected chi connectivity index (χ4v) is 2.49. The van der Waals surface area contributed by atoms with Crippen LogP contribution in [0.1, 0.15) is 23.0 Å². The first-order valence-electron chi connectivity index (χ1n) is 8.43. The Hall–Kier alpha value is -3.55. The van der Waals surface area contributed by atoms with Crippen molar-refractivity contribution in [1.29, 1.82) is 0 Å². The molecule has 1 N–H and O–H groups in total. The van der Waals surface area contributed by atoms with E-state index in [-0.39, 0.29) is 11.3 Å². The summed E-state index contributed by atoms with van der Waals surface area (Å²) in [6.45, 7) is 3.26. The van der Waals surface area contributed by atoms with Crippen molar-refractivity contribution in [2.75, 3.05) is 5.32 Å². The third kappa shape index (κ3) is 4.22. The number of hydrogen-bond acceptors (Lipinski definition) is 4. The lowest BCUT2D eigenvalue weighted by molar-refractivity contribution is -0.123. The van der Waals surface area contributed by atoms with E-state index in [9.17, 15) is 18.4 Å². The summed E-state index contributed by atoms with van der Waals surface area (Å²) >= 11 is 0. The molecule has 8 heteroatoms. The highest BCUT2D eigenvalue weighted by Crippen LogP contribution is 2.16. The van der Waals surface area contributed by atoms with Crippen molar-refractivity contribution < 1.29 is 23.1 Å². The molecular formula is C20H17F2N3O3. The number of halogens is 2. The summed E-state index contributed by atoms with van der Waals surface area (Å²) in [6, 6.07) is 11.1. The molecule has 0 aliphatic rings. The maximum Gasteiger partial charge on any atom is 0.338 e. The number of carbonyl (C=O) groups excluding carboxylic acids is 2. The molecule has 1 aromatic heterocycles. The van der Waals surface area contributed by atoms with Gasteiger partial charge in [0, 0.05) is 18.0 Å². The number of esters is 1. The molecule has 3 aromatic rings. The number of aryl methyl sites for hydroxylation is 1. The van der Waals surface area contributed by atoms with E-state index in [1.807, 2.05) is 13.0 Å². The zero-order valence-corrected chi connectivity index (χ0v) is 15.1. The quantitative estimate of drug-likeness (QED) is 0.681. The van der Waals surface area contributed by atoms with Gasteiger partial charge in [0.15, 0.2) is 6.10 Å². The Morgan fingerprint density at radius 3 is 2.43 bits per heavy atom. The second kappa shape index (κ2) is 7.99. The van der Waals surface area contributed by atoms with Gasteiger partial charge in [0.2, 0.25) is 0 Å². The molecule has 2 aromatic carbocycles. The fraction of sp³-hybridized carbons (Fsp3) is 0.150.